The lowest BCUT2D eigenvalue weighted by atomic mass is 9.97. The van der Waals surface area contributed by atoms with Crippen LogP contribution in [0.15, 0.2) is 54.6 Å². The van der Waals surface area contributed by atoms with E-state index in [1.165, 1.54) is 9.71 Å². The highest BCUT2D eigenvalue weighted by molar-refractivity contribution is 7.18. The first kappa shape index (κ1) is 18.1. The van der Waals surface area contributed by atoms with Crippen LogP contribution < -0.4 is 5.32 Å². The summed E-state index contributed by atoms with van der Waals surface area (Å²) in [6.07, 6.45) is 2.26. The molecule has 0 spiro atoms. The summed E-state index contributed by atoms with van der Waals surface area (Å²) >= 11 is 1.80. The van der Waals surface area contributed by atoms with Crippen molar-refractivity contribution < 1.29 is 4.79 Å². The number of hydrogen-bond donors (Lipinski definition) is 1. The number of hydrogen-bond acceptors (Lipinski definition) is 4. The molecule has 0 radical (unpaired) electrons. The molecule has 1 aliphatic rings. The number of nitrogens with one attached hydrogen (secondary N) is 1. The van der Waals surface area contributed by atoms with Crippen LogP contribution in [0, 0.1) is 0 Å². The maximum atomic E-state index is 12.6. The number of para-hydroxylation sites is 1. The predicted octanol–water partition coefficient (Wildman–Crippen LogP) is 4.18. The van der Waals surface area contributed by atoms with Gasteiger partial charge in [0.05, 0.1) is 21.3 Å². The van der Waals surface area contributed by atoms with Gasteiger partial charge < -0.3 is 5.32 Å². The zero-order valence-electron chi connectivity index (χ0n) is 15.6. The first-order valence-corrected chi connectivity index (χ1v) is 10.4. The maximum absolute atomic E-state index is 12.6. The van der Waals surface area contributed by atoms with Gasteiger partial charge in [-0.1, -0.05) is 42.5 Å². The molecular weight excluding hydrogens is 354 g/mol. The molecule has 1 amide bonds. The topological polar surface area (TPSA) is 45.2 Å². The van der Waals surface area contributed by atoms with E-state index in [0.29, 0.717) is 12.5 Å². The fraction of sp³-hybridized carbons (Fsp3) is 0.364. The molecule has 2 heterocycles. The molecule has 0 unspecified atom stereocenters. The third-order valence-corrected chi connectivity index (χ3v) is 6.55. The second-order valence-electron chi connectivity index (χ2n) is 7.23. The Bertz CT molecular complexity index is 875. The molecule has 0 saturated carbocycles. The number of thiazole rings is 1. The van der Waals surface area contributed by atoms with Crippen molar-refractivity contribution >= 4 is 27.5 Å². The number of nitrogens with zero attached hydrogens (tertiary/aromatic N) is 2. The Morgan fingerprint density at radius 3 is 2.81 bits per heavy atom. The monoisotopic (exact) mass is 379 g/mol. The number of benzene rings is 2. The second kappa shape index (κ2) is 8.19. The number of carbonyl (C=O) groups excluding carboxylic acids is 1. The molecule has 4 nitrogen and oxygen atoms in total. The highest BCUT2D eigenvalue weighted by Gasteiger charge is 2.29. The average Bonchev–Trinajstić information content (AvgIpc) is 3.17. The summed E-state index contributed by atoms with van der Waals surface area (Å²) in [5.74, 6) is 0.518. The Morgan fingerprint density at radius 1 is 1.22 bits per heavy atom. The molecule has 5 heteroatoms. The maximum Gasteiger partial charge on any atom is 0.237 e. The molecule has 1 aromatic heterocycles. The number of likely N-dealkylation sites (tertiary alicyclic amines) is 1. The number of amides is 1. The van der Waals surface area contributed by atoms with Crippen LogP contribution in [0.4, 0.5) is 0 Å². The minimum Gasteiger partial charge on any atom is -0.351 e. The highest BCUT2D eigenvalue weighted by Crippen LogP contribution is 2.33. The van der Waals surface area contributed by atoms with Gasteiger partial charge in [0.15, 0.2) is 0 Å². The number of aromatic nitrogens is 1. The summed E-state index contributed by atoms with van der Waals surface area (Å²) in [5.41, 5.74) is 2.22. The molecule has 140 valence electrons. The van der Waals surface area contributed by atoms with E-state index in [1.807, 2.05) is 43.3 Å². The smallest absolute Gasteiger partial charge is 0.237 e. The van der Waals surface area contributed by atoms with Crippen LogP contribution >= 0.6 is 11.3 Å². The van der Waals surface area contributed by atoms with E-state index < -0.39 is 0 Å². The fourth-order valence-corrected chi connectivity index (χ4v) is 4.82. The SMILES string of the molecule is C[C@@H](C(=O)NCc1ccccc1)N1CCC[C@H](c2nc3ccccc3s2)C1. The van der Waals surface area contributed by atoms with Gasteiger partial charge in [0.2, 0.25) is 5.91 Å². The van der Waals surface area contributed by atoms with Gasteiger partial charge in [-0.2, -0.15) is 0 Å². The van der Waals surface area contributed by atoms with Crippen molar-refractivity contribution in [3.05, 3.63) is 65.2 Å². The number of fused-ring (bicyclic) bond motifs is 1. The summed E-state index contributed by atoms with van der Waals surface area (Å²) in [6, 6.07) is 18.3. The number of carbonyl (C=O) groups is 1. The van der Waals surface area contributed by atoms with Crippen molar-refractivity contribution in [3.63, 3.8) is 0 Å². The van der Waals surface area contributed by atoms with E-state index in [0.717, 1.165) is 37.0 Å². The van der Waals surface area contributed by atoms with E-state index >= 15 is 0 Å². The summed E-state index contributed by atoms with van der Waals surface area (Å²) in [6.45, 7) is 4.47. The highest BCUT2D eigenvalue weighted by atomic mass is 32.1. The molecule has 3 aromatic rings. The minimum absolute atomic E-state index is 0.101. The lowest BCUT2D eigenvalue weighted by molar-refractivity contribution is -0.126. The molecular formula is C22H25N3OS. The van der Waals surface area contributed by atoms with Crippen LogP contribution in [0.1, 0.15) is 36.3 Å². The fourth-order valence-electron chi connectivity index (χ4n) is 3.72. The molecule has 1 N–H and O–H groups in total. The van der Waals surface area contributed by atoms with E-state index in [1.54, 1.807) is 11.3 Å². The van der Waals surface area contributed by atoms with E-state index in [9.17, 15) is 4.79 Å². The summed E-state index contributed by atoms with van der Waals surface area (Å²) in [7, 11) is 0. The van der Waals surface area contributed by atoms with Crippen LogP contribution in [0.3, 0.4) is 0 Å². The molecule has 2 atom stereocenters. The first-order valence-electron chi connectivity index (χ1n) is 9.62. The molecule has 27 heavy (non-hydrogen) atoms. The second-order valence-corrected chi connectivity index (χ2v) is 8.30. The Balaban J connectivity index is 1.38. The Hall–Kier alpha value is -2.24. The molecule has 1 fully saturated rings. The van der Waals surface area contributed by atoms with Gasteiger partial charge in [-0.05, 0) is 44.0 Å². The van der Waals surface area contributed by atoms with Crippen molar-refractivity contribution in [1.82, 2.24) is 15.2 Å². The van der Waals surface area contributed by atoms with Crippen LogP contribution in [0.5, 0.6) is 0 Å². The standard InChI is InChI=1S/C22H25N3OS/c1-16(21(26)23-14-17-8-3-2-4-9-17)25-13-7-10-18(15-25)22-24-19-11-5-6-12-20(19)27-22/h2-6,8-9,11-12,16,18H,7,10,13-15H2,1H3,(H,23,26)/t16-,18-/m0/s1. The van der Waals surface area contributed by atoms with Gasteiger partial charge in [-0.25, -0.2) is 4.98 Å². The van der Waals surface area contributed by atoms with Gasteiger partial charge in [0, 0.05) is 19.0 Å². The normalized spacial score (nSPS) is 19.1. The van der Waals surface area contributed by atoms with Crippen molar-refractivity contribution in [3.8, 4) is 0 Å². The van der Waals surface area contributed by atoms with Crippen molar-refractivity contribution in [1.29, 1.82) is 0 Å². The summed E-state index contributed by atoms with van der Waals surface area (Å²) < 4.78 is 1.25. The van der Waals surface area contributed by atoms with Gasteiger partial charge in [0.25, 0.3) is 0 Å². The number of rotatable bonds is 5. The van der Waals surface area contributed by atoms with Crippen LogP contribution in [-0.2, 0) is 11.3 Å². The van der Waals surface area contributed by atoms with Gasteiger partial charge in [-0.15, -0.1) is 11.3 Å². The minimum atomic E-state index is -0.120. The summed E-state index contributed by atoms with van der Waals surface area (Å²) in [5, 5.41) is 4.28. The van der Waals surface area contributed by atoms with Crippen molar-refractivity contribution in [2.24, 2.45) is 0 Å². The van der Waals surface area contributed by atoms with E-state index in [4.69, 9.17) is 4.98 Å². The lowest BCUT2D eigenvalue weighted by Crippen LogP contribution is -2.48. The third-order valence-electron chi connectivity index (χ3n) is 5.35. The average molecular weight is 380 g/mol. The van der Waals surface area contributed by atoms with Gasteiger partial charge in [0.1, 0.15) is 0 Å². The lowest BCUT2D eigenvalue weighted by Gasteiger charge is -2.35. The molecule has 0 bridgehead atoms. The Labute approximate surface area is 164 Å². The Kier molecular flexibility index (Phi) is 5.50. The van der Waals surface area contributed by atoms with Gasteiger partial charge in [-0.3, -0.25) is 9.69 Å². The van der Waals surface area contributed by atoms with E-state index in [-0.39, 0.29) is 11.9 Å². The molecule has 1 saturated heterocycles. The predicted molar refractivity (Wildman–Crippen MR) is 111 cm³/mol. The molecule has 4 rings (SSSR count). The van der Waals surface area contributed by atoms with Gasteiger partial charge >= 0.3 is 0 Å². The molecule has 1 aliphatic heterocycles. The largest absolute Gasteiger partial charge is 0.351 e. The van der Waals surface area contributed by atoms with Crippen LogP contribution in [0.2, 0.25) is 0 Å². The molecule has 0 aliphatic carbocycles. The molecule has 2 aromatic carbocycles. The van der Waals surface area contributed by atoms with Crippen LogP contribution in [-0.4, -0.2) is 34.9 Å². The zero-order valence-corrected chi connectivity index (χ0v) is 16.4. The quantitative estimate of drug-likeness (QED) is 0.723. The van der Waals surface area contributed by atoms with Crippen molar-refractivity contribution in [2.45, 2.75) is 38.3 Å². The third kappa shape index (κ3) is 4.20. The van der Waals surface area contributed by atoms with Crippen LogP contribution in [0.25, 0.3) is 10.2 Å². The zero-order chi connectivity index (χ0) is 18.6. The van der Waals surface area contributed by atoms with Crippen molar-refractivity contribution in [2.75, 3.05) is 13.1 Å². The van der Waals surface area contributed by atoms with E-state index in [2.05, 4.69) is 28.4 Å². The summed E-state index contributed by atoms with van der Waals surface area (Å²) in [4.78, 5) is 19.8. The Morgan fingerprint density at radius 2 is 2.00 bits per heavy atom. The first-order chi connectivity index (χ1) is 13.2. The number of piperidine rings is 1.